The number of nitrogens with zero attached hydrogens (tertiary/aromatic N) is 2. The number of thiophene rings is 1. The summed E-state index contributed by atoms with van der Waals surface area (Å²) in [6.07, 6.45) is -0.966. The molecule has 1 atom stereocenters. The Hall–Kier alpha value is -2.25. The lowest BCUT2D eigenvalue weighted by atomic mass is 10.1. The summed E-state index contributed by atoms with van der Waals surface area (Å²) in [7, 11) is 0. The summed E-state index contributed by atoms with van der Waals surface area (Å²) in [6, 6.07) is 7.51. The lowest BCUT2D eigenvalue weighted by molar-refractivity contribution is -0.154. The second kappa shape index (κ2) is 6.47. The molecule has 1 N–H and O–H groups in total. The number of carbonyl (C=O) groups excluding carboxylic acids is 1. The number of carbonyl (C=O) groups is 2. The largest absolute Gasteiger partial charge is 0.479 e. The molecule has 7 heteroatoms. The van der Waals surface area contributed by atoms with Gasteiger partial charge in [-0.25, -0.2) is 4.79 Å². The van der Waals surface area contributed by atoms with Gasteiger partial charge in [0.25, 0.3) is 5.91 Å². The van der Waals surface area contributed by atoms with Gasteiger partial charge in [-0.15, -0.1) is 11.3 Å². The van der Waals surface area contributed by atoms with Gasteiger partial charge >= 0.3 is 5.97 Å². The molecule has 1 unspecified atom stereocenters. The van der Waals surface area contributed by atoms with Crippen LogP contribution < -0.4 is 0 Å². The minimum absolute atomic E-state index is 0.0558. The Kier molecular flexibility index (Phi) is 4.40. The van der Waals surface area contributed by atoms with Gasteiger partial charge < -0.3 is 14.7 Å². The van der Waals surface area contributed by atoms with Gasteiger partial charge in [0, 0.05) is 6.54 Å². The van der Waals surface area contributed by atoms with E-state index in [1.54, 1.807) is 24.3 Å². The third-order valence-corrected chi connectivity index (χ3v) is 4.61. The van der Waals surface area contributed by atoms with Crippen molar-refractivity contribution in [2.75, 3.05) is 19.7 Å². The van der Waals surface area contributed by atoms with Crippen LogP contribution >= 0.6 is 11.3 Å². The number of carboxylic acids is 1. The maximum absolute atomic E-state index is 12.6. The molecule has 1 aliphatic rings. The van der Waals surface area contributed by atoms with Crippen molar-refractivity contribution in [3.05, 3.63) is 40.9 Å². The SMILES string of the molecule is Cc1nc(-c2cccs2)ccc1C(=O)N1CCOC(C(=O)O)C1. The maximum atomic E-state index is 12.6. The number of pyridine rings is 1. The highest BCUT2D eigenvalue weighted by atomic mass is 32.1. The van der Waals surface area contributed by atoms with Crippen molar-refractivity contribution in [3.8, 4) is 10.6 Å². The number of aryl methyl sites for hydroxylation is 1. The first-order valence-electron chi connectivity index (χ1n) is 7.21. The second-order valence-electron chi connectivity index (χ2n) is 5.26. The summed E-state index contributed by atoms with van der Waals surface area (Å²) < 4.78 is 5.15. The zero-order chi connectivity index (χ0) is 16.4. The summed E-state index contributed by atoms with van der Waals surface area (Å²) in [6.45, 7) is 2.46. The van der Waals surface area contributed by atoms with E-state index in [9.17, 15) is 9.59 Å². The second-order valence-corrected chi connectivity index (χ2v) is 6.20. The first-order chi connectivity index (χ1) is 11.1. The Bertz CT molecular complexity index is 730. The van der Waals surface area contributed by atoms with Crippen LogP contribution in [0.1, 0.15) is 16.1 Å². The molecule has 23 heavy (non-hydrogen) atoms. The maximum Gasteiger partial charge on any atom is 0.334 e. The molecule has 0 spiro atoms. The van der Waals surface area contributed by atoms with E-state index in [-0.39, 0.29) is 19.1 Å². The van der Waals surface area contributed by atoms with E-state index >= 15 is 0 Å². The molecule has 2 aromatic rings. The van der Waals surface area contributed by atoms with E-state index in [4.69, 9.17) is 9.84 Å². The summed E-state index contributed by atoms with van der Waals surface area (Å²) in [5, 5.41) is 11.0. The van der Waals surface area contributed by atoms with Crippen LogP contribution in [0.15, 0.2) is 29.6 Å². The number of rotatable bonds is 3. The number of aromatic nitrogens is 1. The van der Waals surface area contributed by atoms with E-state index < -0.39 is 12.1 Å². The Morgan fingerprint density at radius 2 is 2.22 bits per heavy atom. The van der Waals surface area contributed by atoms with Gasteiger partial charge in [0.1, 0.15) is 0 Å². The molecule has 120 valence electrons. The molecule has 0 radical (unpaired) electrons. The molecule has 1 aliphatic heterocycles. The molecule has 3 heterocycles. The summed E-state index contributed by atoms with van der Waals surface area (Å²) >= 11 is 1.59. The predicted molar refractivity (Wildman–Crippen MR) is 85.6 cm³/mol. The van der Waals surface area contributed by atoms with Crippen LogP contribution in [-0.2, 0) is 9.53 Å². The van der Waals surface area contributed by atoms with Crippen molar-refractivity contribution in [1.82, 2.24) is 9.88 Å². The van der Waals surface area contributed by atoms with Crippen LogP contribution in [-0.4, -0.2) is 52.7 Å². The molecule has 0 saturated carbocycles. The van der Waals surface area contributed by atoms with Crippen molar-refractivity contribution >= 4 is 23.2 Å². The Morgan fingerprint density at radius 3 is 2.87 bits per heavy atom. The van der Waals surface area contributed by atoms with Crippen molar-refractivity contribution in [2.45, 2.75) is 13.0 Å². The summed E-state index contributed by atoms with van der Waals surface area (Å²) in [4.78, 5) is 30.7. The monoisotopic (exact) mass is 332 g/mol. The van der Waals surface area contributed by atoms with Crippen LogP contribution in [0.4, 0.5) is 0 Å². The normalized spacial score (nSPS) is 18.0. The highest BCUT2D eigenvalue weighted by molar-refractivity contribution is 7.13. The van der Waals surface area contributed by atoms with Gasteiger partial charge in [0.15, 0.2) is 6.10 Å². The number of aliphatic carboxylic acids is 1. The fraction of sp³-hybridized carbons (Fsp3) is 0.312. The molecule has 1 saturated heterocycles. The zero-order valence-corrected chi connectivity index (χ0v) is 13.4. The smallest absolute Gasteiger partial charge is 0.334 e. The molecule has 0 aromatic carbocycles. The van der Waals surface area contributed by atoms with Crippen molar-refractivity contribution in [3.63, 3.8) is 0 Å². The van der Waals surface area contributed by atoms with Gasteiger partial charge in [-0.05, 0) is 30.5 Å². The highest BCUT2D eigenvalue weighted by Gasteiger charge is 2.30. The first-order valence-corrected chi connectivity index (χ1v) is 8.09. The van der Waals surface area contributed by atoms with Crippen molar-refractivity contribution in [2.24, 2.45) is 0 Å². The number of morpholine rings is 1. The molecule has 1 amide bonds. The van der Waals surface area contributed by atoms with Crippen LogP contribution in [0.25, 0.3) is 10.6 Å². The molecule has 3 rings (SSSR count). The van der Waals surface area contributed by atoms with Gasteiger partial charge in [0.05, 0.1) is 35.0 Å². The lowest BCUT2D eigenvalue weighted by Crippen LogP contribution is -2.48. The Balaban J connectivity index is 1.81. The molecule has 2 aromatic heterocycles. The van der Waals surface area contributed by atoms with E-state index in [1.165, 1.54) is 4.90 Å². The average molecular weight is 332 g/mol. The minimum Gasteiger partial charge on any atom is -0.479 e. The molecular weight excluding hydrogens is 316 g/mol. The minimum atomic E-state index is -1.05. The van der Waals surface area contributed by atoms with Crippen LogP contribution in [0.5, 0.6) is 0 Å². The third kappa shape index (κ3) is 3.25. The number of hydrogen-bond donors (Lipinski definition) is 1. The average Bonchev–Trinajstić information content (AvgIpc) is 3.08. The van der Waals surface area contributed by atoms with Crippen molar-refractivity contribution in [1.29, 1.82) is 0 Å². The Morgan fingerprint density at radius 1 is 1.39 bits per heavy atom. The van der Waals surface area contributed by atoms with E-state index in [2.05, 4.69) is 4.98 Å². The van der Waals surface area contributed by atoms with E-state index in [0.29, 0.717) is 17.8 Å². The van der Waals surface area contributed by atoms with Gasteiger partial charge in [-0.3, -0.25) is 9.78 Å². The summed E-state index contributed by atoms with van der Waals surface area (Å²) in [5.74, 6) is -1.26. The molecule has 0 bridgehead atoms. The Labute approximate surface area is 137 Å². The standard InChI is InChI=1S/C16H16N2O4S/c1-10-11(4-5-12(17-10)14-3-2-8-23-14)15(19)18-6-7-22-13(9-18)16(20)21/h2-5,8,13H,6-7,9H2,1H3,(H,20,21). The number of hydrogen-bond acceptors (Lipinski definition) is 5. The fourth-order valence-electron chi connectivity index (χ4n) is 2.50. The van der Waals surface area contributed by atoms with Crippen LogP contribution in [0, 0.1) is 6.92 Å². The highest BCUT2D eigenvalue weighted by Crippen LogP contribution is 2.24. The lowest BCUT2D eigenvalue weighted by Gasteiger charge is -2.31. The van der Waals surface area contributed by atoms with Crippen LogP contribution in [0.2, 0.25) is 0 Å². The molecule has 1 fully saturated rings. The molecule has 6 nitrogen and oxygen atoms in total. The topological polar surface area (TPSA) is 79.7 Å². The quantitative estimate of drug-likeness (QED) is 0.930. The number of amides is 1. The van der Waals surface area contributed by atoms with Crippen LogP contribution in [0.3, 0.4) is 0 Å². The number of ether oxygens (including phenoxy) is 1. The number of carboxylic acid groups (broad SMARTS) is 1. The molecular formula is C16H16N2O4S. The summed E-state index contributed by atoms with van der Waals surface area (Å²) in [5.41, 5.74) is 1.97. The predicted octanol–water partition coefficient (Wildman–Crippen LogP) is 2.04. The van der Waals surface area contributed by atoms with Gasteiger partial charge in [-0.1, -0.05) is 6.07 Å². The van der Waals surface area contributed by atoms with Crippen molar-refractivity contribution < 1.29 is 19.4 Å². The van der Waals surface area contributed by atoms with E-state index in [1.807, 2.05) is 23.6 Å². The third-order valence-electron chi connectivity index (χ3n) is 3.72. The molecule has 0 aliphatic carbocycles. The van der Waals surface area contributed by atoms with Gasteiger partial charge in [-0.2, -0.15) is 0 Å². The fourth-order valence-corrected chi connectivity index (χ4v) is 3.20. The van der Waals surface area contributed by atoms with Gasteiger partial charge in [0.2, 0.25) is 0 Å². The zero-order valence-electron chi connectivity index (χ0n) is 12.6. The van der Waals surface area contributed by atoms with E-state index in [0.717, 1.165) is 10.6 Å². The first kappa shape index (κ1) is 15.6.